The van der Waals surface area contributed by atoms with Crippen molar-refractivity contribution in [3.05, 3.63) is 35.4 Å². The van der Waals surface area contributed by atoms with Crippen LogP contribution in [0.3, 0.4) is 0 Å². The van der Waals surface area contributed by atoms with Gasteiger partial charge in [-0.15, -0.1) is 0 Å². The van der Waals surface area contributed by atoms with Crippen LogP contribution >= 0.6 is 0 Å². The van der Waals surface area contributed by atoms with Crippen LogP contribution < -0.4 is 0 Å². The minimum absolute atomic E-state index is 0.0759. The SMILES string of the molecule is CCC1CCCN(S(=O)(=O)Cc2ccccc2C#N)CC1. The van der Waals surface area contributed by atoms with Gasteiger partial charge in [-0.1, -0.05) is 31.5 Å². The van der Waals surface area contributed by atoms with Gasteiger partial charge in [0.2, 0.25) is 10.0 Å². The lowest BCUT2D eigenvalue weighted by Crippen LogP contribution is -2.33. The number of rotatable bonds is 4. The molecule has 1 atom stereocenters. The summed E-state index contributed by atoms with van der Waals surface area (Å²) in [6, 6.07) is 8.99. The van der Waals surface area contributed by atoms with Crippen LogP contribution in [0.4, 0.5) is 0 Å². The molecule has 0 amide bonds. The van der Waals surface area contributed by atoms with Crippen LogP contribution in [-0.2, 0) is 15.8 Å². The van der Waals surface area contributed by atoms with Crippen LogP contribution in [0.2, 0.25) is 0 Å². The quantitative estimate of drug-likeness (QED) is 0.859. The summed E-state index contributed by atoms with van der Waals surface area (Å²) in [6.07, 6.45) is 4.09. The van der Waals surface area contributed by atoms with Crippen LogP contribution in [-0.4, -0.2) is 25.8 Å². The second-order valence-electron chi connectivity index (χ2n) is 5.63. The second kappa shape index (κ2) is 7.06. The molecule has 0 radical (unpaired) electrons. The van der Waals surface area contributed by atoms with E-state index in [0.717, 1.165) is 25.7 Å². The van der Waals surface area contributed by atoms with E-state index >= 15 is 0 Å². The van der Waals surface area contributed by atoms with Crippen molar-refractivity contribution < 1.29 is 8.42 Å². The van der Waals surface area contributed by atoms with Gasteiger partial charge in [-0.25, -0.2) is 12.7 Å². The van der Waals surface area contributed by atoms with Crippen molar-refractivity contribution in [2.45, 2.75) is 38.4 Å². The van der Waals surface area contributed by atoms with E-state index in [-0.39, 0.29) is 5.75 Å². The zero-order chi connectivity index (χ0) is 15.3. The summed E-state index contributed by atoms with van der Waals surface area (Å²) in [5.74, 6) is 0.560. The normalized spacial score (nSPS) is 20.7. The third-order valence-electron chi connectivity index (χ3n) is 4.25. The van der Waals surface area contributed by atoms with Gasteiger partial charge in [0, 0.05) is 13.1 Å². The Bertz CT molecular complexity index is 619. The van der Waals surface area contributed by atoms with E-state index < -0.39 is 10.0 Å². The molecule has 0 bridgehead atoms. The van der Waals surface area contributed by atoms with Gasteiger partial charge in [-0.3, -0.25) is 0 Å². The van der Waals surface area contributed by atoms with E-state index in [0.29, 0.717) is 30.1 Å². The average Bonchev–Trinajstić information content (AvgIpc) is 2.73. The predicted molar refractivity (Wildman–Crippen MR) is 83.0 cm³/mol. The number of benzene rings is 1. The molecule has 1 saturated heterocycles. The Morgan fingerprint density at radius 3 is 2.76 bits per heavy atom. The molecule has 2 rings (SSSR count). The fourth-order valence-corrected chi connectivity index (χ4v) is 4.49. The molecule has 1 aromatic rings. The van der Waals surface area contributed by atoms with E-state index in [1.165, 1.54) is 0 Å². The van der Waals surface area contributed by atoms with Gasteiger partial charge < -0.3 is 0 Å². The first-order valence-electron chi connectivity index (χ1n) is 7.52. The fourth-order valence-electron chi connectivity index (χ4n) is 2.87. The molecule has 1 heterocycles. The summed E-state index contributed by atoms with van der Waals surface area (Å²) in [7, 11) is -3.34. The van der Waals surface area contributed by atoms with E-state index in [1.54, 1.807) is 28.6 Å². The van der Waals surface area contributed by atoms with Crippen molar-refractivity contribution >= 4 is 10.0 Å². The number of hydrogen-bond acceptors (Lipinski definition) is 3. The van der Waals surface area contributed by atoms with Crippen molar-refractivity contribution in [3.63, 3.8) is 0 Å². The molecule has 0 aliphatic carbocycles. The Labute approximate surface area is 127 Å². The van der Waals surface area contributed by atoms with Crippen LogP contribution in [0.5, 0.6) is 0 Å². The third-order valence-corrected chi connectivity index (χ3v) is 6.08. The molecule has 1 aliphatic heterocycles. The van der Waals surface area contributed by atoms with Crippen LogP contribution in [0.25, 0.3) is 0 Å². The number of sulfonamides is 1. The molecular formula is C16H22N2O2S. The van der Waals surface area contributed by atoms with Gasteiger partial charge in [0.15, 0.2) is 0 Å². The van der Waals surface area contributed by atoms with Gasteiger partial charge >= 0.3 is 0 Å². The average molecular weight is 306 g/mol. The molecule has 114 valence electrons. The van der Waals surface area contributed by atoms with Gasteiger partial charge in [0.05, 0.1) is 17.4 Å². The minimum atomic E-state index is -3.34. The molecule has 1 aromatic carbocycles. The standard InChI is InChI=1S/C16H22N2O2S/c1-2-14-6-5-10-18(11-9-14)21(19,20)13-16-8-4-3-7-15(16)12-17/h3-4,7-8,14H,2,5-6,9-11,13H2,1H3. The van der Waals surface area contributed by atoms with E-state index in [1.807, 2.05) is 0 Å². The van der Waals surface area contributed by atoms with Gasteiger partial charge in [0.1, 0.15) is 0 Å². The summed E-state index contributed by atoms with van der Waals surface area (Å²) in [6.45, 7) is 3.38. The lowest BCUT2D eigenvalue weighted by Gasteiger charge is -2.20. The Kier molecular flexibility index (Phi) is 5.38. The lowest BCUT2D eigenvalue weighted by atomic mass is 9.98. The first kappa shape index (κ1) is 16.0. The van der Waals surface area contributed by atoms with E-state index in [9.17, 15) is 8.42 Å². The Morgan fingerprint density at radius 1 is 1.29 bits per heavy atom. The van der Waals surface area contributed by atoms with Gasteiger partial charge in [-0.05, 0) is 36.8 Å². The molecule has 0 saturated carbocycles. The molecule has 0 aromatic heterocycles. The molecule has 4 nitrogen and oxygen atoms in total. The van der Waals surface area contributed by atoms with Crippen molar-refractivity contribution in [2.24, 2.45) is 5.92 Å². The molecule has 0 spiro atoms. The minimum Gasteiger partial charge on any atom is -0.212 e. The van der Waals surface area contributed by atoms with Crippen molar-refractivity contribution in [2.75, 3.05) is 13.1 Å². The Hall–Kier alpha value is -1.38. The van der Waals surface area contributed by atoms with Gasteiger partial charge in [-0.2, -0.15) is 5.26 Å². The summed E-state index contributed by atoms with van der Waals surface area (Å²) >= 11 is 0. The van der Waals surface area contributed by atoms with E-state index in [4.69, 9.17) is 5.26 Å². The Morgan fingerprint density at radius 2 is 2.05 bits per heavy atom. The van der Waals surface area contributed by atoms with Crippen molar-refractivity contribution in [3.8, 4) is 6.07 Å². The first-order chi connectivity index (χ1) is 10.1. The maximum absolute atomic E-state index is 12.6. The summed E-state index contributed by atoms with van der Waals surface area (Å²) in [5, 5.41) is 9.08. The largest absolute Gasteiger partial charge is 0.218 e. The highest BCUT2D eigenvalue weighted by atomic mass is 32.2. The highest BCUT2D eigenvalue weighted by Crippen LogP contribution is 2.23. The maximum Gasteiger partial charge on any atom is 0.218 e. The first-order valence-corrected chi connectivity index (χ1v) is 9.13. The lowest BCUT2D eigenvalue weighted by molar-refractivity contribution is 0.407. The van der Waals surface area contributed by atoms with Gasteiger partial charge in [0.25, 0.3) is 0 Å². The number of nitriles is 1. The van der Waals surface area contributed by atoms with Crippen LogP contribution in [0.15, 0.2) is 24.3 Å². The number of nitrogens with zero attached hydrogens (tertiary/aromatic N) is 2. The molecule has 21 heavy (non-hydrogen) atoms. The zero-order valence-corrected chi connectivity index (χ0v) is 13.3. The summed E-state index contributed by atoms with van der Waals surface area (Å²) < 4.78 is 26.8. The summed E-state index contributed by atoms with van der Waals surface area (Å²) in [5.41, 5.74) is 1.04. The molecular weight excluding hydrogens is 284 g/mol. The fraction of sp³-hybridized carbons (Fsp3) is 0.562. The summed E-state index contributed by atoms with van der Waals surface area (Å²) in [4.78, 5) is 0. The molecule has 1 aliphatic rings. The van der Waals surface area contributed by atoms with Crippen LogP contribution in [0, 0.1) is 17.2 Å². The third kappa shape index (κ3) is 4.05. The molecule has 1 unspecified atom stereocenters. The monoisotopic (exact) mass is 306 g/mol. The Balaban J connectivity index is 2.13. The van der Waals surface area contributed by atoms with E-state index in [2.05, 4.69) is 13.0 Å². The van der Waals surface area contributed by atoms with Crippen molar-refractivity contribution in [1.82, 2.24) is 4.31 Å². The highest BCUT2D eigenvalue weighted by Gasteiger charge is 2.26. The maximum atomic E-state index is 12.6. The van der Waals surface area contributed by atoms with Crippen LogP contribution in [0.1, 0.15) is 43.7 Å². The second-order valence-corrected chi connectivity index (χ2v) is 7.60. The topological polar surface area (TPSA) is 61.2 Å². The predicted octanol–water partition coefficient (Wildman–Crippen LogP) is 2.90. The molecule has 1 fully saturated rings. The number of hydrogen-bond donors (Lipinski definition) is 0. The van der Waals surface area contributed by atoms with Crippen molar-refractivity contribution in [1.29, 1.82) is 5.26 Å². The zero-order valence-electron chi connectivity index (χ0n) is 12.5. The smallest absolute Gasteiger partial charge is 0.212 e. The molecule has 5 heteroatoms. The molecule has 0 N–H and O–H groups in total. The highest BCUT2D eigenvalue weighted by molar-refractivity contribution is 7.88.